The number of sulfone groups is 1. The molecule has 0 aliphatic rings. The molecule has 0 unspecified atom stereocenters. The molecule has 0 atom stereocenters. The fourth-order valence-electron chi connectivity index (χ4n) is 2.58. The van der Waals surface area contributed by atoms with Crippen molar-refractivity contribution in [2.45, 2.75) is 24.1 Å². The maximum atomic E-state index is 12.9. The normalized spacial score (nSPS) is 11.7. The quantitative estimate of drug-likeness (QED) is 0.710. The molecule has 1 heterocycles. The smallest absolute Gasteiger partial charge is 0.341 e. The minimum atomic E-state index is -4.68. The number of aromatic nitrogens is 2. The van der Waals surface area contributed by atoms with Crippen LogP contribution in [0.1, 0.15) is 11.3 Å². The first-order chi connectivity index (χ1) is 12.4. The van der Waals surface area contributed by atoms with Crippen LogP contribution in [0.5, 0.6) is 0 Å². The van der Waals surface area contributed by atoms with Gasteiger partial charge in [-0.05, 0) is 36.8 Å². The Morgan fingerprint density at radius 3 is 2.46 bits per heavy atom. The molecule has 1 aromatic heterocycles. The average molecular weight is 377 g/mol. The van der Waals surface area contributed by atoms with Crippen LogP contribution in [0, 0.1) is 6.92 Å². The van der Waals surface area contributed by atoms with Crippen LogP contribution >= 0.6 is 0 Å². The van der Waals surface area contributed by atoms with Crippen LogP contribution in [-0.2, 0) is 16.4 Å². The molecule has 1 N–H and O–H groups in total. The van der Waals surface area contributed by atoms with Crippen LogP contribution in [0.15, 0.2) is 65.7 Å². The third-order valence-electron chi connectivity index (χ3n) is 3.86. The third kappa shape index (κ3) is 3.60. The van der Waals surface area contributed by atoms with Gasteiger partial charge in [0.15, 0.2) is 0 Å². The molecule has 0 saturated heterocycles. The standard InChI is InChI=1S/C18H17F2N3O2S/c1-13-10-11-23(22-13)16-8-4-2-6-14(16)12-21-15-7-3-5-9-17(15)26(24,25)18(19)20/h2-11,18,21H,12H2,1H3. The van der Waals surface area contributed by atoms with Gasteiger partial charge in [0, 0.05) is 12.7 Å². The fraction of sp³-hybridized carbons (Fsp3) is 0.167. The SMILES string of the molecule is Cc1ccn(-c2ccccc2CNc2ccccc2S(=O)(=O)C(F)F)n1. The number of benzene rings is 2. The number of hydrogen-bond donors (Lipinski definition) is 1. The van der Waals surface area contributed by atoms with Gasteiger partial charge in [0.25, 0.3) is 0 Å². The van der Waals surface area contributed by atoms with E-state index in [9.17, 15) is 17.2 Å². The van der Waals surface area contributed by atoms with Gasteiger partial charge in [-0.25, -0.2) is 13.1 Å². The first-order valence-corrected chi connectivity index (χ1v) is 9.40. The predicted molar refractivity (Wildman–Crippen MR) is 95.3 cm³/mol. The van der Waals surface area contributed by atoms with Gasteiger partial charge in [-0.15, -0.1) is 0 Å². The molecule has 0 saturated carbocycles. The molecule has 0 amide bonds. The number of para-hydroxylation sites is 2. The van der Waals surface area contributed by atoms with Gasteiger partial charge in [-0.1, -0.05) is 30.3 Å². The highest BCUT2D eigenvalue weighted by molar-refractivity contribution is 7.91. The number of rotatable bonds is 6. The van der Waals surface area contributed by atoms with Crippen molar-refractivity contribution in [3.63, 3.8) is 0 Å². The molecule has 0 aliphatic heterocycles. The summed E-state index contributed by atoms with van der Waals surface area (Å²) >= 11 is 0. The third-order valence-corrected chi connectivity index (χ3v) is 5.30. The van der Waals surface area contributed by atoms with Gasteiger partial charge in [0.1, 0.15) is 0 Å². The lowest BCUT2D eigenvalue weighted by atomic mass is 10.1. The Balaban J connectivity index is 1.90. The summed E-state index contributed by atoms with van der Waals surface area (Å²) in [5, 5.41) is 7.32. The monoisotopic (exact) mass is 377 g/mol. The first kappa shape index (κ1) is 18.1. The summed E-state index contributed by atoms with van der Waals surface area (Å²) in [6.07, 6.45) is 1.82. The molecule has 8 heteroatoms. The summed E-state index contributed by atoms with van der Waals surface area (Å²) in [6.45, 7) is 2.13. The molecule has 136 valence electrons. The number of nitrogens with zero attached hydrogens (tertiary/aromatic N) is 2. The lowest BCUT2D eigenvalue weighted by Crippen LogP contribution is -2.14. The van der Waals surface area contributed by atoms with E-state index in [0.717, 1.165) is 16.9 Å². The first-order valence-electron chi connectivity index (χ1n) is 7.85. The van der Waals surface area contributed by atoms with Crippen molar-refractivity contribution >= 4 is 15.5 Å². The summed E-state index contributed by atoms with van der Waals surface area (Å²) in [7, 11) is -4.68. The Labute approximate surface area is 150 Å². The van der Waals surface area contributed by atoms with Crippen LogP contribution < -0.4 is 5.32 Å². The van der Waals surface area contributed by atoms with Gasteiger partial charge in [0.05, 0.1) is 22.0 Å². The lowest BCUT2D eigenvalue weighted by Gasteiger charge is -2.14. The van der Waals surface area contributed by atoms with E-state index in [1.54, 1.807) is 10.7 Å². The Morgan fingerprint density at radius 2 is 1.77 bits per heavy atom. The van der Waals surface area contributed by atoms with Crippen LogP contribution in [0.2, 0.25) is 0 Å². The second-order valence-electron chi connectivity index (χ2n) is 5.69. The van der Waals surface area contributed by atoms with Gasteiger partial charge < -0.3 is 5.32 Å². The highest BCUT2D eigenvalue weighted by Gasteiger charge is 2.28. The average Bonchev–Trinajstić information content (AvgIpc) is 3.06. The van der Waals surface area contributed by atoms with E-state index in [2.05, 4.69) is 10.4 Å². The minimum absolute atomic E-state index is 0.138. The number of anilines is 1. The zero-order valence-corrected chi connectivity index (χ0v) is 14.7. The van der Waals surface area contributed by atoms with E-state index < -0.39 is 20.5 Å². The Morgan fingerprint density at radius 1 is 1.08 bits per heavy atom. The molecule has 3 aromatic rings. The van der Waals surface area contributed by atoms with Gasteiger partial charge in [-0.2, -0.15) is 13.9 Å². The van der Waals surface area contributed by atoms with Gasteiger partial charge in [-0.3, -0.25) is 0 Å². The number of halogens is 2. The van der Waals surface area contributed by atoms with Crippen LogP contribution in [0.4, 0.5) is 14.5 Å². The second kappa shape index (κ2) is 7.25. The molecular formula is C18H17F2N3O2S. The highest BCUT2D eigenvalue weighted by atomic mass is 32.2. The largest absolute Gasteiger partial charge is 0.380 e. The Kier molecular flexibility index (Phi) is 5.03. The van der Waals surface area contributed by atoms with E-state index >= 15 is 0 Å². The summed E-state index contributed by atoms with van der Waals surface area (Å²) in [5.74, 6) is -3.47. The molecule has 26 heavy (non-hydrogen) atoms. The fourth-order valence-corrected chi connectivity index (χ4v) is 3.49. The van der Waals surface area contributed by atoms with Crippen molar-refractivity contribution < 1.29 is 17.2 Å². The van der Waals surface area contributed by atoms with E-state index in [4.69, 9.17) is 0 Å². The number of alkyl halides is 2. The van der Waals surface area contributed by atoms with Crippen molar-refractivity contribution in [3.05, 3.63) is 72.1 Å². The molecule has 0 radical (unpaired) electrons. The second-order valence-corrected chi connectivity index (χ2v) is 7.57. The molecule has 3 rings (SSSR count). The zero-order chi connectivity index (χ0) is 18.7. The van der Waals surface area contributed by atoms with Crippen LogP contribution in [0.3, 0.4) is 0 Å². The number of aryl methyl sites for hydroxylation is 1. The summed E-state index contributed by atoms with van der Waals surface area (Å²) in [4.78, 5) is -0.414. The molecular weight excluding hydrogens is 360 g/mol. The van der Waals surface area contributed by atoms with E-state index in [1.165, 1.54) is 18.2 Å². The maximum absolute atomic E-state index is 12.9. The Bertz CT molecular complexity index is 1020. The van der Waals surface area contributed by atoms with Crippen molar-refractivity contribution in [2.75, 3.05) is 5.32 Å². The van der Waals surface area contributed by atoms with Crippen LogP contribution in [-0.4, -0.2) is 24.0 Å². The number of hydrogen-bond acceptors (Lipinski definition) is 4. The van der Waals surface area contributed by atoms with E-state index in [-0.39, 0.29) is 12.2 Å². The van der Waals surface area contributed by atoms with E-state index in [0.29, 0.717) is 0 Å². The molecule has 0 aliphatic carbocycles. The van der Waals surface area contributed by atoms with Crippen molar-refractivity contribution in [2.24, 2.45) is 0 Å². The molecule has 0 fully saturated rings. The van der Waals surface area contributed by atoms with Crippen molar-refractivity contribution in [1.82, 2.24) is 9.78 Å². The van der Waals surface area contributed by atoms with Gasteiger partial charge >= 0.3 is 5.76 Å². The Hall–Kier alpha value is -2.74. The summed E-state index contributed by atoms with van der Waals surface area (Å²) in [5.41, 5.74) is 2.67. The minimum Gasteiger partial charge on any atom is -0.380 e. The zero-order valence-electron chi connectivity index (χ0n) is 13.9. The lowest BCUT2D eigenvalue weighted by molar-refractivity contribution is 0.235. The molecule has 5 nitrogen and oxygen atoms in total. The van der Waals surface area contributed by atoms with Crippen molar-refractivity contribution in [1.29, 1.82) is 0 Å². The molecule has 0 spiro atoms. The molecule has 0 bridgehead atoms. The summed E-state index contributed by atoms with van der Waals surface area (Å²) < 4.78 is 51.2. The number of nitrogens with one attached hydrogen (secondary N) is 1. The van der Waals surface area contributed by atoms with Crippen molar-refractivity contribution in [3.8, 4) is 5.69 Å². The topological polar surface area (TPSA) is 64.0 Å². The van der Waals surface area contributed by atoms with Gasteiger partial charge in [0.2, 0.25) is 9.84 Å². The molecule has 2 aromatic carbocycles. The highest BCUT2D eigenvalue weighted by Crippen LogP contribution is 2.27. The summed E-state index contributed by atoms with van der Waals surface area (Å²) in [6, 6.07) is 15.0. The maximum Gasteiger partial charge on any atom is 0.341 e. The van der Waals surface area contributed by atoms with E-state index in [1.807, 2.05) is 43.5 Å². The predicted octanol–water partition coefficient (Wildman–Crippen LogP) is 3.79. The van der Waals surface area contributed by atoms with Crippen LogP contribution in [0.25, 0.3) is 5.69 Å².